The van der Waals surface area contributed by atoms with Crippen molar-refractivity contribution in [1.82, 2.24) is 14.7 Å². The van der Waals surface area contributed by atoms with Crippen molar-refractivity contribution in [3.8, 4) is 0 Å². The van der Waals surface area contributed by atoms with Crippen LogP contribution in [0.25, 0.3) is 0 Å². The van der Waals surface area contributed by atoms with Gasteiger partial charge in [-0.2, -0.15) is 5.10 Å². The van der Waals surface area contributed by atoms with Gasteiger partial charge in [-0.1, -0.05) is 0 Å². The van der Waals surface area contributed by atoms with E-state index in [1.807, 2.05) is 23.0 Å². The van der Waals surface area contributed by atoms with E-state index in [0.717, 1.165) is 18.8 Å². The number of hydrogen-bond acceptors (Lipinski definition) is 4. The molecule has 2 N–H and O–H groups in total. The van der Waals surface area contributed by atoms with E-state index in [9.17, 15) is 0 Å². The second kappa shape index (κ2) is 5.81. The Morgan fingerprint density at radius 1 is 1.55 bits per heavy atom. The normalized spacial score (nSPS) is 16.8. The first-order valence-electron chi connectivity index (χ1n) is 7.32. The number of aryl methyl sites for hydroxylation is 1. The summed E-state index contributed by atoms with van der Waals surface area (Å²) in [6, 6.07) is 4.80. The molecule has 108 valence electrons. The van der Waals surface area contributed by atoms with Gasteiger partial charge < -0.3 is 10.2 Å². The fourth-order valence-electron chi connectivity index (χ4n) is 2.67. The molecule has 3 rings (SSSR count). The van der Waals surface area contributed by atoms with Crippen LogP contribution in [0.5, 0.6) is 0 Å². The average Bonchev–Trinajstić information content (AvgIpc) is 2.99. The van der Waals surface area contributed by atoms with Gasteiger partial charge in [0, 0.05) is 30.9 Å². The molecule has 2 aromatic rings. The van der Waals surface area contributed by atoms with Crippen molar-refractivity contribution in [2.24, 2.45) is 5.73 Å². The number of nitrogens with two attached hydrogens (primary N) is 1. The minimum atomic E-state index is 0.216. The van der Waals surface area contributed by atoms with Gasteiger partial charge in [0.05, 0.1) is 25.0 Å². The van der Waals surface area contributed by atoms with E-state index in [0.29, 0.717) is 12.6 Å². The van der Waals surface area contributed by atoms with Crippen LogP contribution < -0.4 is 5.73 Å². The van der Waals surface area contributed by atoms with Crippen LogP contribution in [0.1, 0.15) is 37.1 Å². The van der Waals surface area contributed by atoms with Gasteiger partial charge in [-0.3, -0.25) is 9.58 Å². The number of rotatable bonds is 7. The van der Waals surface area contributed by atoms with E-state index >= 15 is 0 Å². The molecule has 0 amide bonds. The fraction of sp³-hybridized carbons (Fsp3) is 0.533. The molecule has 0 aliphatic heterocycles. The number of hydrogen-bond donors (Lipinski definition) is 1. The van der Waals surface area contributed by atoms with Crippen LogP contribution in [-0.2, 0) is 13.1 Å². The van der Waals surface area contributed by atoms with Crippen molar-refractivity contribution in [3.05, 3.63) is 42.1 Å². The molecule has 0 bridgehead atoms. The lowest BCUT2D eigenvalue weighted by Gasteiger charge is -2.29. The second-order valence-corrected chi connectivity index (χ2v) is 5.36. The van der Waals surface area contributed by atoms with Crippen LogP contribution in [0, 0.1) is 0 Å². The van der Waals surface area contributed by atoms with Crippen LogP contribution in [0.3, 0.4) is 0 Å². The SMILES string of the molecule is CCn1cc(C(CN)N(Cc2ccco2)C2CC2)cn1. The zero-order chi connectivity index (χ0) is 13.9. The fourth-order valence-corrected chi connectivity index (χ4v) is 2.67. The summed E-state index contributed by atoms with van der Waals surface area (Å²) in [6.07, 6.45) is 8.28. The van der Waals surface area contributed by atoms with Crippen LogP contribution in [0.2, 0.25) is 0 Å². The van der Waals surface area contributed by atoms with Crippen LogP contribution in [0.4, 0.5) is 0 Å². The standard InChI is InChI=1S/C15H22N4O/c1-2-18-10-12(9-17-18)15(8-16)19(13-5-6-13)11-14-4-3-7-20-14/h3-4,7,9-10,13,15H,2,5-6,8,11,16H2,1H3. The van der Waals surface area contributed by atoms with Crippen molar-refractivity contribution < 1.29 is 4.42 Å². The molecule has 1 aliphatic rings. The summed E-state index contributed by atoms with van der Waals surface area (Å²) in [5, 5.41) is 4.37. The van der Waals surface area contributed by atoms with Crippen molar-refractivity contribution in [2.75, 3.05) is 6.54 Å². The third-order valence-corrected chi connectivity index (χ3v) is 3.92. The maximum Gasteiger partial charge on any atom is 0.117 e. The molecule has 1 fully saturated rings. The lowest BCUT2D eigenvalue weighted by atomic mass is 10.1. The van der Waals surface area contributed by atoms with Gasteiger partial charge in [-0.05, 0) is 31.9 Å². The minimum Gasteiger partial charge on any atom is -0.468 e. The summed E-state index contributed by atoms with van der Waals surface area (Å²) in [4.78, 5) is 2.45. The molecule has 0 aromatic carbocycles. The smallest absolute Gasteiger partial charge is 0.117 e. The van der Waals surface area contributed by atoms with Gasteiger partial charge in [-0.25, -0.2) is 0 Å². The summed E-state index contributed by atoms with van der Waals surface area (Å²) >= 11 is 0. The van der Waals surface area contributed by atoms with Crippen molar-refractivity contribution in [1.29, 1.82) is 0 Å². The van der Waals surface area contributed by atoms with Gasteiger partial charge >= 0.3 is 0 Å². The van der Waals surface area contributed by atoms with Gasteiger partial charge in [0.2, 0.25) is 0 Å². The minimum absolute atomic E-state index is 0.216. The second-order valence-electron chi connectivity index (χ2n) is 5.36. The van der Waals surface area contributed by atoms with E-state index in [1.165, 1.54) is 18.4 Å². The molecular formula is C15H22N4O. The Morgan fingerprint density at radius 3 is 2.95 bits per heavy atom. The Morgan fingerprint density at radius 2 is 2.40 bits per heavy atom. The van der Waals surface area contributed by atoms with Crippen LogP contribution in [0.15, 0.2) is 35.2 Å². The highest BCUT2D eigenvalue weighted by atomic mass is 16.3. The van der Waals surface area contributed by atoms with Crippen molar-refractivity contribution in [3.63, 3.8) is 0 Å². The van der Waals surface area contributed by atoms with E-state index in [-0.39, 0.29) is 6.04 Å². The predicted molar refractivity (Wildman–Crippen MR) is 77.0 cm³/mol. The van der Waals surface area contributed by atoms with Gasteiger partial charge in [0.1, 0.15) is 5.76 Å². The zero-order valence-electron chi connectivity index (χ0n) is 11.9. The van der Waals surface area contributed by atoms with Gasteiger partial charge in [0.15, 0.2) is 0 Å². The molecule has 20 heavy (non-hydrogen) atoms. The molecule has 1 saturated carbocycles. The van der Waals surface area contributed by atoms with Crippen molar-refractivity contribution >= 4 is 0 Å². The molecule has 0 radical (unpaired) electrons. The molecule has 1 atom stereocenters. The van der Waals surface area contributed by atoms with Gasteiger partial charge in [-0.15, -0.1) is 0 Å². The Balaban J connectivity index is 1.80. The van der Waals surface area contributed by atoms with Gasteiger partial charge in [0.25, 0.3) is 0 Å². The maximum atomic E-state index is 6.04. The third kappa shape index (κ3) is 2.78. The average molecular weight is 274 g/mol. The number of nitrogens with zero attached hydrogens (tertiary/aromatic N) is 3. The molecule has 5 heteroatoms. The largest absolute Gasteiger partial charge is 0.468 e. The molecular weight excluding hydrogens is 252 g/mol. The molecule has 1 unspecified atom stereocenters. The Hall–Kier alpha value is -1.59. The van der Waals surface area contributed by atoms with E-state index in [2.05, 4.69) is 23.1 Å². The first-order chi connectivity index (χ1) is 9.81. The first kappa shape index (κ1) is 13.4. The lowest BCUT2D eigenvalue weighted by molar-refractivity contribution is 0.168. The van der Waals surface area contributed by atoms with Crippen LogP contribution >= 0.6 is 0 Å². The zero-order valence-corrected chi connectivity index (χ0v) is 11.9. The summed E-state index contributed by atoms with van der Waals surface area (Å²) in [5.74, 6) is 0.998. The van der Waals surface area contributed by atoms with Crippen molar-refractivity contribution in [2.45, 2.75) is 44.9 Å². The molecule has 2 aromatic heterocycles. The Kier molecular flexibility index (Phi) is 3.89. The van der Waals surface area contributed by atoms with E-state index < -0.39 is 0 Å². The maximum absolute atomic E-state index is 6.04. The monoisotopic (exact) mass is 274 g/mol. The molecule has 0 spiro atoms. The number of furan rings is 1. The summed E-state index contributed by atoms with van der Waals surface area (Å²) in [6.45, 7) is 4.40. The first-order valence-corrected chi connectivity index (χ1v) is 7.32. The highest BCUT2D eigenvalue weighted by Crippen LogP contribution is 2.35. The summed E-state index contributed by atoms with van der Waals surface area (Å²) in [5.41, 5.74) is 7.24. The summed E-state index contributed by atoms with van der Waals surface area (Å²) < 4.78 is 7.45. The molecule has 0 saturated heterocycles. The van der Waals surface area contributed by atoms with E-state index in [1.54, 1.807) is 6.26 Å². The number of aromatic nitrogens is 2. The molecule has 2 heterocycles. The molecule has 1 aliphatic carbocycles. The van der Waals surface area contributed by atoms with Crippen LogP contribution in [-0.4, -0.2) is 27.3 Å². The topological polar surface area (TPSA) is 60.2 Å². The Bertz CT molecular complexity index is 530. The van der Waals surface area contributed by atoms with E-state index in [4.69, 9.17) is 10.2 Å². The highest BCUT2D eigenvalue weighted by Gasteiger charge is 2.35. The summed E-state index contributed by atoms with van der Waals surface area (Å²) in [7, 11) is 0. The Labute approximate surface area is 119 Å². The third-order valence-electron chi connectivity index (χ3n) is 3.92. The lowest BCUT2D eigenvalue weighted by Crippen LogP contribution is -2.34. The molecule has 5 nitrogen and oxygen atoms in total. The quantitative estimate of drug-likeness (QED) is 0.840. The predicted octanol–water partition coefficient (Wildman–Crippen LogP) is 2.16. The highest BCUT2D eigenvalue weighted by molar-refractivity contribution is 5.14.